The van der Waals surface area contributed by atoms with Crippen molar-refractivity contribution in [3.63, 3.8) is 0 Å². The van der Waals surface area contributed by atoms with Crippen LogP contribution < -0.4 is 14.2 Å². The molecule has 2 aliphatic rings. The molecule has 34 heavy (non-hydrogen) atoms. The van der Waals surface area contributed by atoms with E-state index in [2.05, 4.69) is 0 Å². The summed E-state index contributed by atoms with van der Waals surface area (Å²) in [5, 5.41) is 11.7. The molecule has 2 heterocycles. The number of hydrogen-bond donors (Lipinski definition) is 1. The number of hydrogen-bond acceptors (Lipinski definition) is 7. The van der Waals surface area contributed by atoms with Crippen LogP contribution >= 0.6 is 11.6 Å². The van der Waals surface area contributed by atoms with E-state index < -0.39 is 17.7 Å². The highest BCUT2D eigenvalue weighted by Crippen LogP contribution is 2.46. The number of rotatable bonds is 7. The monoisotopic (exact) mass is 487 g/mol. The quantitative estimate of drug-likeness (QED) is 0.359. The number of aliphatic hydroxyl groups is 1. The second-order valence-electron chi connectivity index (χ2n) is 8.05. The minimum Gasteiger partial charge on any atom is -0.507 e. The Morgan fingerprint density at radius 2 is 1.74 bits per heavy atom. The average Bonchev–Trinajstić information content (AvgIpc) is 3.45. The molecule has 1 N–H and O–H groups in total. The summed E-state index contributed by atoms with van der Waals surface area (Å²) in [5.74, 6) is -0.655. The number of nitrogens with zero attached hydrogens (tertiary/aromatic N) is 1. The zero-order valence-corrected chi connectivity index (χ0v) is 19.9. The van der Waals surface area contributed by atoms with Crippen molar-refractivity contribution in [1.29, 1.82) is 0 Å². The predicted molar refractivity (Wildman–Crippen MR) is 126 cm³/mol. The number of benzene rings is 2. The molecular weight excluding hydrogens is 462 g/mol. The Hall–Kier alpha value is -3.23. The van der Waals surface area contributed by atoms with Crippen LogP contribution in [0.25, 0.3) is 5.76 Å². The van der Waals surface area contributed by atoms with E-state index in [-0.39, 0.29) is 24.0 Å². The first kappa shape index (κ1) is 23.9. The third kappa shape index (κ3) is 4.31. The van der Waals surface area contributed by atoms with Gasteiger partial charge in [0.05, 0.1) is 39.0 Å². The van der Waals surface area contributed by atoms with Gasteiger partial charge < -0.3 is 29.0 Å². The van der Waals surface area contributed by atoms with Crippen molar-refractivity contribution in [2.24, 2.45) is 0 Å². The SMILES string of the molecule is COc1cc(C2/C(=C(\O)c3ccc(Cl)cc3)C(=O)C(=O)N2CC2CCCO2)cc(OC)c1OC. The maximum absolute atomic E-state index is 13.2. The normalized spacial score (nSPS) is 21.7. The van der Waals surface area contributed by atoms with Gasteiger partial charge in [0.25, 0.3) is 11.7 Å². The molecule has 2 atom stereocenters. The molecule has 0 bridgehead atoms. The second-order valence-corrected chi connectivity index (χ2v) is 8.49. The van der Waals surface area contributed by atoms with E-state index in [4.69, 9.17) is 30.5 Å². The number of carbonyl (C=O) groups is 2. The van der Waals surface area contributed by atoms with Crippen molar-refractivity contribution in [3.8, 4) is 17.2 Å². The Morgan fingerprint density at radius 1 is 1.09 bits per heavy atom. The Kier molecular flexibility index (Phi) is 7.00. The summed E-state index contributed by atoms with van der Waals surface area (Å²) in [5.41, 5.74) is 0.874. The van der Waals surface area contributed by atoms with Crippen molar-refractivity contribution >= 4 is 29.1 Å². The van der Waals surface area contributed by atoms with Gasteiger partial charge in [-0.25, -0.2) is 0 Å². The lowest BCUT2D eigenvalue weighted by atomic mass is 9.94. The van der Waals surface area contributed by atoms with Crippen LogP contribution in [0, 0.1) is 0 Å². The van der Waals surface area contributed by atoms with E-state index in [1.54, 1.807) is 36.4 Å². The van der Waals surface area contributed by atoms with E-state index in [1.165, 1.54) is 26.2 Å². The number of ether oxygens (including phenoxy) is 4. The maximum atomic E-state index is 13.2. The topological polar surface area (TPSA) is 94.5 Å². The molecule has 0 aromatic heterocycles. The smallest absolute Gasteiger partial charge is 0.295 e. The summed E-state index contributed by atoms with van der Waals surface area (Å²) in [6, 6.07) is 8.87. The van der Waals surface area contributed by atoms with Gasteiger partial charge in [-0.2, -0.15) is 0 Å². The van der Waals surface area contributed by atoms with Gasteiger partial charge in [0.2, 0.25) is 5.75 Å². The lowest BCUT2D eigenvalue weighted by Gasteiger charge is -2.28. The predicted octanol–water partition coefficient (Wildman–Crippen LogP) is 3.97. The Balaban J connectivity index is 1.90. The number of ketones is 1. The number of Topliss-reactive ketones (excluding diaryl/α,β-unsaturated/α-hetero) is 1. The van der Waals surface area contributed by atoms with Gasteiger partial charge in [-0.05, 0) is 54.8 Å². The lowest BCUT2D eigenvalue weighted by molar-refractivity contribution is -0.140. The molecule has 9 heteroatoms. The van der Waals surface area contributed by atoms with Crippen LogP contribution in [-0.4, -0.2) is 62.3 Å². The Labute approximate surface area is 202 Å². The zero-order valence-electron chi connectivity index (χ0n) is 19.2. The number of halogens is 1. The molecule has 0 spiro atoms. The third-order valence-electron chi connectivity index (χ3n) is 6.08. The van der Waals surface area contributed by atoms with E-state index in [0.717, 1.165) is 12.8 Å². The van der Waals surface area contributed by atoms with Crippen LogP contribution in [0.15, 0.2) is 42.0 Å². The van der Waals surface area contributed by atoms with Gasteiger partial charge in [0.1, 0.15) is 5.76 Å². The molecule has 0 radical (unpaired) electrons. The highest BCUT2D eigenvalue weighted by atomic mass is 35.5. The molecular formula is C25H26ClNO7. The van der Waals surface area contributed by atoms with Crippen molar-refractivity contribution in [3.05, 3.63) is 58.1 Å². The molecule has 0 aliphatic carbocycles. The summed E-state index contributed by atoms with van der Waals surface area (Å²) in [7, 11) is 4.46. The Bertz CT molecular complexity index is 1100. The fourth-order valence-electron chi connectivity index (χ4n) is 4.45. The largest absolute Gasteiger partial charge is 0.507 e. The minimum atomic E-state index is -0.881. The molecule has 2 fully saturated rings. The molecule has 2 saturated heterocycles. The van der Waals surface area contributed by atoms with Crippen LogP contribution in [-0.2, 0) is 14.3 Å². The molecule has 0 saturated carbocycles. The molecule has 2 aromatic rings. The van der Waals surface area contributed by atoms with Gasteiger partial charge in [0, 0.05) is 23.7 Å². The fourth-order valence-corrected chi connectivity index (χ4v) is 4.57. The van der Waals surface area contributed by atoms with Crippen LogP contribution in [0.5, 0.6) is 17.2 Å². The maximum Gasteiger partial charge on any atom is 0.295 e. The summed E-state index contributed by atoms with van der Waals surface area (Å²) >= 11 is 5.99. The zero-order chi connectivity index (χ0) is 24.4. The molecule has 8 nitrogen and oxygen atoms in total. The highest BCUT2D eigenvalue weighted by Gasteiger charge is 2.47. The number of carbonyl (C=O) groups excluding carboxylic acids is 2. The first-order valence-corrected chi connectivity index (χ1v) is 11.2. The number of amides is 1. The lowest BCUT2D eigenvalue weighted by Crippen LogP contribution is -2.36. The first-order valence-electron chi connectivity index (χ1n) is 10.9. The van der Waals surface area contributed by atoms with Crippen molar-refractivity contribution in [2.45, 2.75) is 25.0 Å². The van der Waals surface area contributed by atoms with Crippen molar-refractivity contribution in [2.75, 3.05) is 34.5 Å². The van der Waals surface area contributed by atoms with Crippen molar-refractivity contribution in [1.82, 2.24) is 4.90 Å². The summed E-state index contributed by atoms with van der Waals surface area (Å²) in [6.07, 6.45) is 1.47. The number of likely N-dealkylation sites (tertiary alicyclic amines) is 1. The second kappa shape index (κ2) is 9.95. The van der Waals surface area contributed by atoms with Gasteiger partial charge in [0.15, 0.2) is 11.5 Å². The van der Waals surface area contributed by atoms with E-state index >= 15 is 0 Å². The van der Waals surface area contributed by atoms with E-state index in [1.807, 2.05) is 0 Å². The fraction of sp³-hybridized carbons (Fsp3) is 0.360. The van der Waals surface area contributed by atoms with Crippen LogP contribution in [0.2, 0.25) is 5.02 Å². The van der Waals surface area contributed by atoms with Crippen LogP contribution in [0.3, 0.4) is 0 Å². The van der Waals surface area contributed by atoms with E-state index in [9.17, 15) is 14.7 Å². The molecule has 2 unspecified atom stereocenters. The van der Waals surface area contributed by atoms with E-state index in [0.29, 0.717) is 40.0 Å². The summed E-state index contributed by atoms with van der Waals surface area (Å²) < 4.78 is 22.1. The van der Waals surface area contributed by atoms with Gasteiger partial charge in [-0.15, -0.1) is 0 Å². The Morgan fingerprint density at radius 3 is 2.26 bits per heavy atom. The molecule has 2 aliphatic heterocycles. The first-order chi connectivity index (χ1) is 16.4. The van der Waals surface area contributed by atoms with Crippen LogP contribution in [0.4, 0.5) is 0 Å². The number of methoxy groups -OCH3 is 3. The minimum absolute atomic E-state index is 0.0282. The molecule has 180 valence electrons. The highest BCUT2D eigenvalue weighted by molar-refractivity contribution is 6.46. The summed E-state index contributed by atoms with van der Waals surface area (Å²) in [4.78, 5) is 27.8. The average molecular weight is 488 g/mol. The number of aliphatic hydroxyl groups excluding tert-OH is 1. The van der Waals surface area contributed by atoms with Crippen LogP contribution in [0.1, 0.15) is 30.0 Å². The molecule has 4 rings (SSSR count). The third-order valence-corrected chi connectivity index (χ3v) is 6.34. The summed E-state index contributed by atoms with van der Waals surface area (Å²) in [6.45, 7) is 0.817. The standard InChI is InChI=1S/C25H26ClNO7/c1-31-18-11-15(12-19(32-2)24(18)33-3)21-20(22(28)14-6-8-16(26)9-7-14)23(29)25(30)27(21)13-17-5-4-10-34-17/h6-9,11-12,17,21,28H,4-5,10,13H2,1-3H3/b22-20+. The molecule has 1 amide bonds. The van der Waals surface area contributed by atoms with Gasteiger partial charge >= 0.3 is 0 Å². The van der Waals surface area contributed by atoms with Crippen molar-refractivity contribution < 1.29 is 33.6 Å². The molecule has 2 aromatic carbocycles. The van der Waals surface area contributed by atoms with Gasteiger partial charge in [-0.3, -0.25) is 9.59 Å². The van der Waals surface area contributed by atoms with Gasteiger partial charge in [-0.1, -0.05) is 11.6 Å².